The van der Waals surface area contributed by atoms with Crippen LogP contribution in [-0.4, -0.2) is 43.1 Å². The Morgan fingerprint density at radius 1 is 1.14 bits per heavy atom. The van der Waals surface area contributed by atoms with E-state index in [4.69, 9.17) is 4.42 Å². The molecule has 0 aliphatic carbocycles. The third kappa shape index (κ3) is 3.32. The number of aromatic nitrogens is 1. The quantitative estimate of drug-likeness (QED) is 0.776. The van der Waals surface area contributed by atoms with Crippen LogP contribution in [0.3, 0.4) is 0 Å². The van der Waals surface area contributed by atoms with Crippen LogP contribution in [0.4, 0.5) is 19.2 Å². The highest BCUT2D eigenvalue weighted by Crippen LogP contribution is 2.32. The van der Waals surface area contributed by atoms with Gasteiger partial charge >= 0.3 is 6.18 Å². The van der Waals surface area contributed by atoms with E-state index in [1.807, 2.05) is 11.9 Å². The summed E-state index contributed by atoms with van der Waals surface area (Å²) in [4.78, 5) is 8.31. The van der Waals surface area contributed by atoms with Crippen LogP contribution < -0.4 is 4.90 Å². The molecule has 1 saturated heterocycles. The highest BCUT2D eigenvalue weighted by atomic mass is 79.9. The maximum atomic E-state index is 12.6. The van der Waals surface area contributed by atoms with Gasteiger partial charge in [0.15, 0.2) is 5.58 Å². The van der Waals surface area contributed by atoms with Gasteiger partial charge in [0, 0.05) is 26.2 Å². The minimum atomic E-state index is -4.36. The van der Waals surface area contributed by atoms with Gasteiger partial charge in [-0.25, -0.2) is 0 Å². The molecule has 0 bridgehead atoms. The Morgan fingerprint density at radius 2 is 1.81 bits per heavy atom. The number of piperazine rings is 1. The van der Waals surface area contributed by atoms with E-state index in [9.17, 15) is 13.2 Å². The lowest BCUT2D eigenvalue weighted by atomic mass is 10.2. The van der Waals surface area contributed by atoms with E-state index in [0.717, 1.165) is 38.3 Å². The molecule has 1 aromatic heterocycles. The zero-order chi connectivity index (χ0) is 14.3. The van der Waals surface area contributed by atoms with Crippen molar-refractivity contribution >= 4 is 34.1 Å². The Balaban J connectivity index is 0.00000161. The second kappa shape index (κ2) is 5.84. The summed E-state index contributed by atoms with van der Waals surface area (Å²) in [6.45, 7) is 3.28. The molecule has 1 aromatic carbocycles. The van der Waals surface area contributed by atoms with Crippen molar-refractivity contribution in [2.45, 2.75) is 6.18 Å². The first-order valence-corrected chi connectivity index (χ1v) is 6.35. The molecule has 1 aliphatic rings. The highest BCUT2D eigenvalue weighted by molar-refractivity contribution is 8.93. The maximum Gasteiger partial charge on any atom is 0.416 e. The molecule has 2 heterocycles. The monoisotopic (exact) mass is 365 g/mol. The third-order valence-corrected chi connectivity index (χ3v) is 3.48. The molecule has 3 rings (SSSR count). The molecule has 4 nitrogen and oxygen atoms in total. The Kier molecular flexibility index (Phi) is 4.48. The molecule has 0 spiro atoms. The Morgan fingerprint density at radius 3 is 2.43 bits per heavy atom. The molecule has 21 heavy (non-hydrogen) atoms. The lowest BCUT2D eigenvalue weighted by Gasteiger charge is -2.31. The number of halogens is 4. The predicted molar refractivity (Wildman–Crippen MR) is 79.0 cm³/mol. The zero-order valence-corrected chi connectivity index (χ0v) is 13.1. The van der Waals surface area contributed by atoms with Gasteiger partial charge in [-0.15, -0.1) is 17.0 Å². The van der Waals surface area contributed by atoms with E-state index in [-0.39, 0.29) is 22.5 Å². The SMILES string of the molecule is Br.CN1CCN(c2nc3cc(C(F)(F)F)ccc3o2)CC1. The normalized spacial score (nSPS) is 17.0. The van der Waals surface area contributed by atoms with Gasteiger partial charge in [-0.2, -0.15) is 18.2 Å². The predicted octanol–water partition coefficient (Wildman–Crippen LogP) is 3.18. The van der Waals surface area contributed by atoms with Gasteiger partial charge in [0.25, 0.3) is 6.01 Å². The number of anilines is 1. The molecule has 8 heteroatoms. The number of hydrogen-bond acceptors (Lipinski definition) is 4. The van der Waals surface area contributed by atoms with Crippen molar-refractivity contribution in [2.24, 2.45) is 0 Å². The number of hydrogen-bond donors (Lipinski definition) is 0. The Hall–Kier alpha value is -1.28. The molecule has 0 saturated carbocycles. The number of benzene rings is 1. The molecular formula is C13H15BrF3N3O. The molecule has 0 unspecified atom stereocenters. The van der Waals surface area contributed by atoms with Crippen LogP contribution in [0.25, 0.3) is 11.1 Å². The van der Waals surface area contributed by atoms with Crippen molar-refractivity contribution < 1.29 is 17.6 Å². The largest absolute Gasteiger partial charge is 0.423 e. The van der Waals surface area contributed by atoms with E-state index in [2.05, 4.69) is 9.88 Å². The first kappa shape index (κ1) is 16.1. The summed E-state index contributed by atoms with van der Waals surface area (Å²) < 4.78 is 43.5. The summed E-state index contributed by atoms with van der Waals surface area (Å²) in [6, 6.07) is 3.76. The molecule has 116 valence electrons. The van der Waals surface area contributed by atoms with Crippen molar-refractivity contribution in [3.63, 3.8) is 0 Å². The fourth-order valence-corrected chi connectivity index (χ4v) is 2.22. The van der Waals surface area contributed by atoms with Gasteiger partial charge in [0.1, 0.15) is 5.52 Å². The molecule has 0 amide bonds. The standard InChI is InChI=1S/C13H14F3N3O.BrH/c1-18-4-6-19(7-5-18)12-17-10-8-9(13(14,15)16)2-3-11(10)20-12;/h2-3,8H,4-7H2,1H3;1H. The van der Waals surface area contributed by atoms with E-state index < -0.39 is 11.7 Å². The van der Waals surface area contributed by atoms with Crippen LogP contribution in [0.15, 0.2) is 22.6 Å². The van der Waals surface area contributed by atoms with Gasteiger partial charge < -0.3 is 14.2 Å². The van der Waals surface area contributed by atoms with Crippen LogP contribution in [0.1, 0.15) is 5.56 Å². The number of rotatable bonds is 1. The summed E-state index contributed by atoms with van der Waals surface area (Å²) in [5.41, 5.74) is -0.0797. The average Bonchev–Trinajstić information content (AvgIpc) is 2.81. The number of alkyl halides is 3. The van der Waals surface area contributed by atoms with Crippen molar-refractivity contribution in [1.29, 1.82) is 0 Å². The summed E-state index contributed by atoms with van der Waals surface area (Å²) in [5.74, 6) is 0. The minimum absolute atomic E-state index is 0. The minimum Gasteiger partial charge on any atom is -0.423 e. The fraction of sp³-hybridized carbons (Fsp3) is 0.462. The lowest BCUT2D eigenvalue weighted by Crippen LogP contribution is -2.44. The number of nitrogens with zero attached hydrogens (tertiary/aromatic N) is 3. The van der Waals surface area contributed by atoms with Crippen LogP contribution in [0.2, 0.25) is 0 Å². The maximum absolute atomic E-state index is 12.6. The van der Waals surface area contributed by atoms with Crippen LogP contribution in [-0.2, 0) is 6.18 Å². The summed E-state index contributed by atoms with van der Waals surface area (Å²) in [6.07, 6.45) is -4.36. The van der Waals surface area contributed by atoms with E-state index in [1.54, 1.807) is 0 Å². The first-order chi connectivity index (χ1) is 9.43. The lowest BCUT2D eigenvalue weighted by molar-refractivity contribution is -0.137. The van der Waals surface area contributed by atoms with Gasteiger partial charge in [-0.1, -0.05) is 0 Å². The third-order valence-electron chi connectivity index (χ3n) is 3.48. The number of oxazole rings is 1. The average molecular weight is 366 g/mol. The molecular weight excluding hydrogens is 351 g/mol. The molecule has 0 radical (unpaired) electrons. The smallest absolute Gasteiger partial charge is 0.416 e. The van der Waals surface area contributed by atoms with Gasteiger partial charge in [0.05, 0.1) is 5.56 Å². The highest BCUT2D eigenvalue weighted by Gasteiger charge is 2.31. The topological polar surface area (TPSA) is 32.5 Å². The van der Waals surface area contributed by atoms with E-state index in [1.165, 1.54) is 6.07 Å². The number of fused-ring (bicyclic) bond motifs is 1. The number of likely N-dealkylation sites (N-methyl/N-ethyl adjacent to an activating group) is 1. The van der Waals surface area contributed by atoms with Crippen molar-refractivity contribution in [1.82, 2.24) is 9.88 Å². The van der Waals surface area contributed by atoms with Crippen LogP contribution in [0.5, 0.6) is 0 Å². The summed E-state index contributed by atoms with van der Waals surface area (Å²) in [7, 11) is 2.03. The van der Waals surface area contributed by atoms with Crippen molar-refractivity contribution in [2.75, 3.05) is 38.1 Å². The zero-order valence-electron chi connectivity index (χ0n) is 11.4. The Bertz CT molecular complexity index is 621. The fourth-order valence-electron chi connectivity index (χ4n) is 2.22. The molecule has 2 aromatic rings. The Labute approximate surface area is 130 Å². The first-order valence-electron chi connectivity index (χ1n) is 6.35. The van der Waals surface area contributed by atoms with Gasteiger partial charge in [-0.05, 0) is 25.2 Å². The van der Waals surface area contributed by atoms with Crippen molar-refractivity contribution in [3.8, 4) is 0 Å². The second-order valence-electron chi connectivity index (χ2n) is 4.97. The van der Waals surface area contributed by atoms with E-state index in [0.29, 0.717) is 11.6 Å². The summed E-state index contributed by atoms with van der Waals surface area (Å²) in [5, 5.41) is 0. The summed E-state index contributed by atoms with van der Waals surface area (Å²) >= 11 is 0. The van der Waals surface area contributed by atoms with Gasteiger partial charge in [0.2, 0.25) is 0 Å². The van der Waals surface area contributed by atoms with Crippen molar-refractivity contribution in [3.05, 3.63) is 23.8 Å². The second-order valence-corrected chi connectivity index (χ2v) is 4.97. The van der Waals surface area contributed by atoms with Crippen LogP contribution >= 0.6 is 17.0 Å². The van der Waals surface area contributed by atoms with Gasteiger partial charge in [-0.3, -0.25) is 0 Å². The molecule has 1 fully saturated rings. The molecule has 0 N–H and O–H groups in total. The van der Waals surface area contributed by atoms with Crippen LogP contribution in [0, 0.1) is 0 Å². The molecule has 0 atom stereocenters. The molecule has 1 aliphatic heterocycles. The van der Waals surface area contributed by atoms with E-state index >= 15 is 0 Å².